The summed E-state index contributed by atoms with van der Waals surface area (Å²) in [5, 5.41) is 23.1. The van der Waals surface area contributed by atoms with E-state index in [1.807, 2.05) is 0 Å². The lowest BCUT2D eigenvalue weighted by Crippen LogP contribution is -2.17. The van der Waals surface area contributed by atoms with Gasteiger partial charge >= 0.3 is 0 Å². The van der Waals surface area contributed by atoms with Crippen molar-refractivity contribution in [3.8, 4) is 11.5 Å². The van der Waals surface area contributed by atoms with Crippen molar-refractivity contribution in [3.05, 3.63) is 58.1 Å². The number of hydrogen-bond acceptors (Lipinski definition) is 5. The van der Waals surface area contributed by atoms with Crippen molar-refractivity contribution in [2.24, 2.45) is 0 Å². The lowest BCUT2D eigenvalue weighted by atomic mass is 10.2. The third-order valence-corrected chi connectivity index (χ3v) is 2.92. The van der Waals surface area contributed by atoms with Crippen molar-refractivity contribution >= 4 is 28.8 Å². The molecule has 0 radical (unpaired) electrons. The fourth-order valence-electron chi connectivity index (χ4n) is 1.64. The second kappa shape index (κ2) is 6.19. The van der Waals surface area contributed by atoms with Gasteiger partial charge in [0.2, 0.25) is 0 Å². The Kier molecular flexibility index (Phi) is 4.34. The van der Waals surface area contributed by atoms with Gasteiger partial charge in [0.25, 0.3) is 10.9 Å². The largest absolute Gasteiger partial charge is 0.504 e. The minimum absolute atomic E-state index is 0.0138. The minimum atomic E-state index is -0.489. The van der Waals surface area contributed by atoms with Crippen molar-refractivity contribution in [1.29, 1.82) is 0 Å². The SMILES string of the molecule is Cc1ccc([N+](=O)[O-])cc1NC(=S)Oc1ccccc1O. The summed E-state index contributed by atoms with van der Waals surface area (Å²) in [4.78, 5) is 10.3. The van der Waals surface area contributed by atoms with Crippen molar-refractivity contribution in [3.63, 3.8) is 0 Å². The first kappa shape index (κ1) is 14.7. The van der Waals surface area contributed by atoms with Gasteiger partial charge in [0.15, 0.2) is 11.5 Å². The molecule has 0 aliphatic rings. The Balaban J connectivity index is 2.15. The topological polar surface area (TPSA) is 84.6 Å². The number of anilines is 1. The number of nitro groups is 1. The molecule has 6 nitrogen and oxygen atoms in total. The molecule has 0 saturated carbocycles. The van der Waals surface area contributed by atoms with Crippen LogP contribution in [0.2, 0.25) is 0 Å². The highest BCUT2D eigenvalue weighted by molar-refractivity contribution is 7.80. The molecule has 0 unspecified atom stereocenters. The van der Waals surface area contributed by atoms with Crippen LogP contribution in [0.15, 0.2) is 42.5 Å². The number of ether oxygens (including phenoxy) is 1. The Morgan fingerprint density at radius 3 is 2.71 bits per heavy atom. The van der Waals surface area contributed by atoms with Crippen molar-refractivity contribution in [2.75, 3.05) is 5.32 Å². The van der Waals surface area contributed by atoms with Gasteiger partial charge in [-0.2, -0.15) is 0 Å². The molecule has 0 bridgehead atoms. The quantitative estimate of drug-likeness (QED) is 0.513. The Morgan fingerprint density at radius 1 is 1.33 bits per heavy atom. The fourth-order valence-corrected chi connectivity index (χ4v) is 1.84. The van der Waals surface area contributed by atoms with Gasteiger partial charge in [-0.3, -0.25) is 10.1 Å². The van der Waals surface area contributed by atoms with E-state index in [0.717, 1.165) is 5.56 Å². The maximum absolute atomic E-state index is 10.8. The second-order valence-corrected chi connectivity index (χ2v) is 4.61. The molecule has 0 spiro atoms. The van der Waals surface area contributed by atoms with Crippen molar-refractivity contribution < 1.29 is 14.8 Å². The molecule has 0 atom stereocenters. The maximum Gasteiger partial charge on any atom is 0.271 e. The molecule has 0 aliphatic heterocycles. The van der Waals surface area contributed by atoms with Gasteiger partial charge in [0.1, 0.15) is 0 Å². The molecule has 0 amide bonds. The lowest BCUT2D eigenvalue weighted by Gasteiger charge is -2.12. The first-order chi connectivity index (χ1) is 9.97. The summed E-state index contributed by atoms with van der Waals surface area (Å²) in [7, 11) is 0. The number of nitrogens with zero attached hydrogens (tertiary/aromatic N) is 1. The average Bonchev–Trinajstić information content (AvgIpc) is 2.43. The van der Waals surface area contributed by atoms with Crippen LogP contribution < -0.4 is 10.1 Å². The van der Waals surface area contributed by atoms with E-state index >= 15 is 0 Å². The summed E-state index contributed by atoms with van der Waals surface area (Å²) in [6.45, 7) is 1.79. The van der Waals surface area contributed by atoms with Crippen molar-refractivity contribution in [1.82, 2.24) is 0 Å². The Hall–Kier alpha value is -2.67. The molecule has 2 aromatic carbocycles. The summed E-state index contributed by atoms with van der Waals surface area (Å²) < 4.78 is 5.30. The monoisotopic (exact) mass is 304 g/mol. The zero-order valence-corrected chi connectivity index (χ0v) is 11.9. The number of rotatable bonds is 3. The fraction of sp³-hybridized carbons (Fsp3) is 0.0714. The highest BCUT2D eigenvalue weighted by atomic mass is 32.1. The number of phenolic OH excluding ortho intramolecular Hbond substituents is 1. The highest BCUT2D eigenvalue weighted by Crippen LogP contribution is 2.26. The Morgan fingerprint density at radius 2 is 2.05 bits per heavy atom. The molecule has 0 aliphatic carbocycles. The van der Waals surface area contributed by atoms with Gasteiger partial charge in [0, 0.05) is 12.1 Å². The van der Waals surface area contributed by atoms with E-state index in [1.54, 1.807) is 31.2 Å². The van der Waals surface area contributed by atoms with E-state index in [-0.39, 0.29) is 22.4 Å². The molecule has 0 fully saturated rings. The average molecular weight is 304 g/mol. The maximum atomic E-state index is 10.8. The second-order valence-electron chi connectivity index (χ2n) is 4.24. The van der Waals surface area contributed by atoms with Crippen LogP contribution in [-0.2, 0) is 0 Å². The van der Waals surface area contributed by atoms with Crippen LogP contribution in [0.5, 0.6) is 11.5 Å². The minimum Gasteiger partial charge on any atom is -0.504 e. The molecule has 108 valence electrons. The van der Waals surface area contributed by atoms with Crippen molar-refractivity contribution in [2.45, 2.75) is 6.92 Å². The number of nitro benzene ring substituents is 1. The summed E-state index contributed by atoms with van der Waals surface area (Å²) >= 11 is 5.03. The van der Waals surface area contributed by atoms with Gasteiger partial charge in [-0.1, -0.05) is 18.2 Å². The van der Waals surface area contributed by atoms with Crippen LogP contribution >= 0.6 is 12.2 Å². The molecule has 2 N–H and O–H groups in total. The standard InChI is InChI=1S/C14H12N2O4S/c1-9-6-7-10(16(18)19)8-11(9)15-14(21)20-13-5-3-2-4-12(13)17/h2-8,17H,1H3,(H,15,21). The van der Waals surface area contributed by atoms with Gasteiger partial charge in [-0.05, 0) is 36.8 Å². The normalized spacial score (nSPS) is 9.95. The van der Waals surface area contributed by atoms with Crippen LogP contribution in [0.4, 0.5) is 11.4 Å². The first-order valence-electron chi connectivity index (χ1n) is 5.99. The summed E-state index contributed by atoms with van der Waals surface area (Å²) in [5.41, 5.74) is 1.21. The molecule has 0 saturated heterocycles. The molecule has 7 heteroatoms. The number of benzene rings is 2. The molecule has 2 aromatic rings. The Bertz CT molecular complexity index is 703. The zero-order chi connectivity index (χ0) is 15.4. The first-order valence-corrected chi connectivity index (χ1v) is 6.40. The van der Waals surface area contributed by atoms with Crippen LogP contribution in [0.1, 0.15) is 5.56 Å². The molecule has 2 rings (SSSR count). The highest BCUT2D eigenvalue weighted by Gasteiger charge is 2.11. The number of aryl methyl sites for hydroxylation is 1. The van der Waals surface area contributed by atoms with Crippen LogP contribution in [-0.4, -0.2) is 15.2 Å². The predicted molar refractivity (Wildman–Crippen MR) is 82.8 cm³/mol. The number of hydrogen-bond donors (Lipinski definition) is 2. The van der Waals surface area contributed by atoms with Crippen LogP contribution in [0.25, 0.3) is 0 Å². The third-order valence-electron chi connectivity index (χ3n) is 2.74. The number of aromatic hydroxyl groups is 1. The smallest absolute Gasteiger partial charge is 0.271 e. The molecule has 0 aromatic heterocycles. The number of thiocarbonyl (C=S) groups is 1. The van der Waals surface area contributed by atoms with E-state index in [0.29, 0.717) is 5.69 Å². The third kappa shape index (κ3) is 3.67. The van der Waals surface area contributed by atoms with E-state index in [2.05, 4.69) is 5.32 Å². The molecule has 21 heavy (non-hydrogen) atoms. The van der Waals surface area contributed by atoms with Crippen LogP contribution in [0, 0.1) is 17.0 Å². The van der Waals surface area contributed by atoms with Gasteiger partial charge in [-0.25, -0.2) is 0 Å². The summed E-state index contributed by atoms with van der Waals surface area (Å²) in [6, 6.07) is 10.8. The summed E-state index contributed by atoms with van der Waals surface area (Å²) in [5.74, 6) is 0.162. The predicted octanol–water partition coefficient (Wildman–Crippen LogP) is 3.38. The van der Waals surface area contributed by atoms with Crippen LogP contribution in [0.3, 0.4) is 0 Å². The van der Waals surface area contributed by atoms with E-state index in [1.165, 1.54) is 18.2 Å². The van der Waals surface area contributed by atoms with E-state index in [4.69, 9.17) is 17.0 Å². The molecular formula is C14H12N2O4S. The number of non-ortho nitro benzene ring substituents is 1. The number of para-hydroxylation sites is 2. The Labute approximate surface area is 126 Å². The summed E-state index contributed by atoms with van der Waals surface area (Å²) in [6.07, 6.45) is 0. The molecule has 0 heterocycles. The van der Waals surface area contributed by atoms with E-state index < -0.39 is 4.92 Å². The van der Waals surface area contributed by atoms with Gasteiger partial charge < -0.3 is 15.2 Å². The van der Waals surface area contributed by atoms with E-state index in [9.17, 15) is 15.2 Å². The van der Waals surface area contributed by atoms with Gasteiger partial charge in [0.05, 0.1) is 10.6 Å². The number of phenols is 1. The number of nitrogens with one attached hydrogen (secondary N) is 1. The van der Waals surface area contributed by atoms with Gasteiger partial charge in [-0.15, -0.1) is 0 Å². The zero-order valence-electron chi connectivity index (χ0n) is 11.1. The molecular weight excluding hydrogens is 292 g/mol. The lowest BCUT2D eigenvalue weighted by molar-refractivity contribution is -0.384.